The van der Waals surface area contributed by atoms with Crippen LogP contribution < -0.4 is 5.73 Å². The summed E-state index contributed by atoms with van der Waals surface area (Å²) in [6.45, 7) is 10.7. The molecule has 1 unspecified atom stereocenters. The molecule has 16 heavy (non-hydrogen) atoms. The number of hydrogen-bond acceptors (Lipinski definition) is 2. The number of nitrogens with zero attached hydrogens (tertiary/aromatic N) is 2. The molecule has 0 spiro atoms. The maximum Gasteiger partial charge on any atom is 0.0834 e. The molecule has 0 aliphatic carbocycles. The van der Waals surface area contributed by atoms with E-state index in [-0.39, 0.29) is 17.5 Å². The molecular formula is C12H22ClN3. The first-order valence-corrected chi connectivity index (χ1v) is 6.08. The highest BCUT2D eigenvalue weighted by Gasteiger charge is 2.23. The molecule has 3 nitrogen and oxygen atoms in total. The van der Waals surface area contributed by atoms with E-state index in [1.165, 1.54) is 0 Å². The Kier molecular flexibility index (Phi) is 4.02. The summed E-state index contributed by atoms with van der Waals surface area (Å²) in [6, 6.07) is 0.228. The number of hydrogen-bond donors (Lipinski definition) is 1. The largest absolute Gasteiger partial charge is 0.323 e. The van der Waals surface area contributed by atoms with E-state index in [4.69, 9.17) is 17.3 Å². The quantitative estimate of drug-likeness (QED) is 0.882. The van der Waals surface area contributed by atoms with Crippen LogP contribution in [-0.4, -0.2) is 9.78 Å². The zero-order chi connectivity index (χ0) is 12.5. The van der Waals surface area contributed by atoms with Crippen LogP contribution in [-0.2, 0) is 0 Å². The van der Waals surface area contributed by atoms with Crippen LogP contribution in [0.5, 0.6) is 0 Å². The minimum atomic E-state index is -0.0580. The molecule has 92 valence electrons. The van der Waals surface area contributed by atoms with Crippen molar-refractivity contribution in [3.8, 4) is 0 Å². The Morgan fingerprint density at radius 2 is 2.00 bits per heavy atom. The molecule has 0 bridgehead atoms. The highest BCUT2D eigenvalue weighted by molar-refractivity contribution is 6.31. The van der Waals surface area contributed by atoms with Crippen molar-refractivity contribution in [3.63, 3.8) is 0 Å². The van der Waals surface area contributed by atoms with E-state index in [1.807, 2.05) is 4.68 Å². The van der Waals surface area contributed by atoms with Crippen LogP contribution in [0.4, 0.5) is 0 Å². The van der Waals surface area contributed by atoms with Crippen molar-refractivity contribution in [2.45, 2.75) is 53.1 Å². The summed E-state index contributed by atoms with van der Waals surface area (Å²) in [5.74, 6) is 0. The SMILES string of the molecule is CC(C)n1ncc(Cl)c1C(N)CC(C)(C)C. The van der Waals surface area contributed by atoms with Gasteiger partial charge in [-0.25, -0.2) is 0 Å². The van der Waals surface area contributed by atoms with E-state index in [0.717, 1.165) is 12.1 Å². The molecule has 0 aliphatic heterocycles. The van der Waals surface area contributed by atoms with Gasteiger partial charge < -0.3 is 5.73 Å². The van der Waals surface area contributed by atoms with E-state index in [9.17, 15) is 0 Å². The molecule has 2 N–H and O–H groups in total. The molecule has 0 saturated carbocycles. The van der Waals surface area contributed by atoms with Crippen molar-refractivity contribution in [2.75, 3.05) is 0 Å². The van der Waals surface area contributed by atoms with E-state index in [0.29, 0.717) is 5.02 Å². The normalized spacial score (nSPS) is 14.5. The fourth-order valence-electron chi connectivity index (χ4n) is 1.87. The molecule has 0 fully saturated rings. The van der Waals surface area contributed by atoms with Crippen LogP contribution in [0.15, 0.2) is 6.20 Å². The molecule has 1 aromatic rings. The second kappa shape index (κ2) is 4.76. The molecule has 0 aliphatic rings. The van der Waals surface area contributed by atoms with Crippen LogP contribution in [0, 0.1) is 5.41 Å². The average Bonchev–Trinajstić information content (AvgIpc) is 2.43. The topological polar surface area (TPSA) is 43.8 Å². The summed E-state index contributed by atoms with van der Waals surface area (Å²) in [6.07, 6.45) is 2.57. The molecule has 1 heterocycles. The first kappa shape index (κ1) is 13.5. The van der Waals surface area contributed by atoms with Gasteiger partial charge in [-0.05, 0) is 25.7 Å². The van der Waals surface area contributed by atoms with Gasteiger partial charge in [-0.3, -0.25) is 4.68 Å². The summed E-state index contributed by atoms with van der Waals surface area (Å²) in [5.41, 5.74) is 7.36. The summed E-state index contributed by atoms with van der Waals surface area (Å²) in [5, 5.41) is 4.94. The van der Waals surface area contributed by atoms with Crippen molar-refractivity contribution >= 4 is 11.6 Å². The molecule has 0 saturated heterocycles. The third kappa shape index (κ3) is 3.22. The zero-order valence-corrected chi connectivity index (χ0v) is 11.5. The Balaban J connectivity index is 2.98. The second-order valence-electron chi connectivity index (χ2n) is 5.79. The molecule has 1 aromatic heterocycles. The molecule has 0 amide bonds. The maximum absolute atomic E-state index is 6.22. The Morgan fingerprint density at radius 3 is 2.44 bits per heavy atom. The third-order valence-corrected chi connectivity index (χ3v) is 2.75. The van der Waals surface area contributed by atoms with Gasteiger partial charge in [0.05, 0.1) is 16.9 Å². The molecule has 0 aromatic carbocycles. The lowest BCUT2D eigenvalue weighted by Crippen LogP contribution is -2.23. The van der Waals surface area contributed by atoms with Gasteiger partial charge in [0.2, 0.25) is 0 Å². The van der Waals surface area contributed by atoms with Gasteiger partial charge in [-0.15, -0.1) is 0 Å². The summed E-state index contributed by atoms with van der Waals surface area (Å²) in [4.78, 5) is 0. The molecule has 4 heteroatoms. The summed E-state index contributed by atoms with van der Waals surface area (Å²) >= 11 is 6.15. The Labute approximate surface area is 103 Å². The van der Waals surface area contributed by atoms with Crippen molar-refractivity contribution in [3.05, 3.63) is 16.9 Å². The first-order valence-electron chi connectivity index (χ1n) is 5.71. The van der Waals surface area contributed by atoms with Crippen molar-refractivity contribution in [2.24, 2.45) is 11.1 Å². The van der Waals surface area contributed by atoms with Crippen LogP contribution in [0.3, 0.4) is 0 Å². The molecule has 0 radical (unpaired) electrons. The van der Waals surface area contributed by atoms with E-state index in [1.54, 1.807) is 6.20 Å². The highest BCUT2D eigenvalue weighted by atomic mass is 35.5. The van der Waals surface area contributed by atoms with Crippen LogP contribution >= 0.6 is 11.6 Å². The standard InChI is InChI=1S/C12H22ClN3/c1-8(2)16-11(9(13)7-15-16)10(14)6-12(3,4)5/h7-8,10H,6,14H2,1-5H3. The van der Waals surface area contributed by atoms with E-state index in [2.05, 4.69) is 39.7 Å². The van der Waals surface area contributed by atoms with Gasteiger partial charge in [0.1, 0.15) is 0 Å². The fraction of sp³-hybridized carbons (Fsp3) is 0.750. The van der Waals surface area contributed by atoms with E-state index >= 15 is 0 Å². The van der Waals surface area contributed by atoms with Crippen molar-refractivity contribution < 1.29 is 0 Å². The van der Waals surface area contributed by atoms with Crippen molar-refractivity contribution in [1.82, 2.24) is 9.78 Å². The van der Waals surface area contributed by atoms with Gasteiger partial charge in [-0.2, -0.15) is 5.10 Å². The minimum Gasteiger partial charge on any atom is -0.323 e. The average molecular weight is 244 g/mol. The minimum absolute atomic E-state index is 0.0580. The smallest absolute Gasteiger partial charge is 0.0834 e. The van der Waals surface area contributed by atoms with Crippen LogP contribution in [0.1, 0.15) is 58.8 Å². The predicted molar refractivity (Wildman–Crippen MR) is 68.6 cm³/mol. The monoisotopic (exact) mass is 243 g/mol. The van der Waals surface area contributed by atoms with Gasteiger partial charge in [-0.1, -0.05) is 32.4 Å². The van der Waals surface area contributed by atoms with Crippen LogP contribution in [0.25, 0.3) is 0 Å². The molecule has 1 rings (SSSR count). The molecular weight excluding hydrogens is 222 g/mol. The van der Waals surface area contributed by atoms with Gasteiger partial charge >= 0.3 is 0 Å². The van der Waals surface area contributed by atoms with Gasteiger partial charge in [0.15, 0.2) is 0 Å². The Bertz CT molecular complexity index is 350. The van der Waals surface area contributed by atoms with Gasteiger partial charge in [0.25, 0.3) is 0 Å². The zero-order valence-electron chi connectivity index (χ0n) is 10.8. The second-order valence-corrected chi connectivity index (χ2v) is 6.19. The number of nitrogens with two attached hydrogens (primary N) is 1. The Hall–Kier alpha value is -0.540. The predicted octanol–water partition coefficient (Wildman–Crippen LogP) is 3.55. The third-order valence-electron chi connectivity index (χ3n) is 2.46. The van der Waals surface area contributed by atoms with Crippen molar-refractivity contribution in [1.29, 1.82) is 0 Å². The number of halogens is 1. The van der Waals surface area contributed by atoms with Crippen LogP contribution in [0.2, 0.25) is 5.02 Å². The van der Waals surface area contributed by atoms with Gasteiger partial charge in [0, 0.05) is 12.1 Å². The molecule has 1 atom stereocenters. The summed E-state index contributed by atoms with van der Waals surface area (Å²) in [7, 11) is 0. The highest BCUT2D eigenvalue weighted by Crippen LogP contribution is 2.32. The lowest BCUT2D eigenvalue weighted by Gasteiger charge is -2.24. The first-order chi connectivity index (χ1) is 7.22. The Morgan fingerprint density at radius 1 is 1.44 bits per heavy atom. The lowest BCUT2D eigenvalue weighted by atomic mass is 9.87. The lowest BCUT2D eigenvalue weighted by molar-refractivity contribution is 0.330. The fourth-order valence-corrected chi connectivity index (χ4v) is 2.14. The number of rotatable bonds is 3. The summed E-state index contributed by atoms with van der Waals surface area (Å²) < 4.78 is 1.92. The number of aromatic nitrogens is 2. The van der Waals surface area contributed by atoms with E-state index < -0.39 is 0 Å². The maximum atomic E-state index is 6.22.